The Morgan fingerprint density at radius 3 is 2.71 bits per heavy atom. The van der Waals surface area contributed by atoms with Crippen LogP contribution in [0.2, 0.25) is 0 Å². The molecule has 106 valence electrons. The molecule has 0 aliphatic heterocycles. The number of hydrogen-bond donors (Lipinski definition) is 0. The van der Waals surface area contributed by atoms with Crippen LogP contribution in [-0.2, 0) is 0 Å². The molecule has 0 saturated carbocycles. The van der Waals surface area contributed by atoms with Crippen LogP contribution in [0.15, 0.2) is 36.5 Å². The maximum absolute atomic E-state index is 11.2. The lowest BCUT2D eigenvalue weighted by molar-refractivity contribution is -0.384. The Hall–Kier alpha value is -2.83. The largest absolute Gasteiger partial charge is 0.278 e. The number of nitro groups is 1. The van der Waals surface area contributed by atoms with Gasteiger partial charge >= 0.3 is 0 Å². The Kier molecular flexibility index (Phi) is 3.09. The summed E-state index contributed by atoms with van der Waals surface area (Å²) in [6, 6.07) is 8.27. The maximum atomic E-state index is 11.2. The average Bonchev–Trinajstić information content (AvgIpc) is 2.91. The van der Waals surface area contributed by atoms with Crippen molar-refractivity contribution in [3.05, 3.63) is 52.5 Å². The van der Waals surface area contributed by atoms with Crippen LogP contribution >= 0.6 is 0 Å². The molecule has 0 radical (unpaired) electrons. The van der Waals surface area contributed by atoms with Crippen molar-refractivity contribution in [1.82, 2.24) is 19.6 Å². The molecule has 0 spiro atoms. The smallest absolute Gasteiger partial charge is 0.258 e. The summed E-state index contributed by atoms with van der Waals surface area (Å²) in [6.07, 6.45) is 1.58. The second-order valence-electron chi connectivity index (χ2n) is 4.94. The molecule has 0 saturated heterocycles. The standard InChI is InChI=1S/C14H13N5O2/c1-9(2)13-16-14-15-8-7-11(18(14)17-13)10-5-3-4-6-12(10)19(20)21/h3-9H,1-2H3. The summed E-state index contributed by atoms with van der Waals surface area (Å²) in [5.41, 5.74) is 1.13. The number of benzene rings is 1. The first kappa shape index (κ1) is 13.2. The predicted octanol–water partition coefficient (Wildman–Crippen LogP) is 2.82. The fraction of sp³-hybridized carbons (Fsp3) is 0.214. The van der Waals surface area contributed by atoms with Crippen LogP contribution in [0.1, 0.15) is 25.6 Å². The highest BCUT2D eigenvalue weighted by molar-refractivity contribution is 5.71. The second kappa shape index (κ2) is 4.93. The first-order valence-corrected chi connectivity index (χ1v) is 6.53. The quantitative estimate of drug-likeness (QED) is 0.545. The Labute approximate surface area is 120 Å². The lowest BCUT2D eigenvalue weighted by Crippen LogP contribution is -1.99. The molecule has 1 aromatic carbocycles. The third-order valence-corrected chi connectivity index (χ3v) is 3.15. The zero-order valence-electron chi connectivity index (χ0n) is 11.6. The van der Waals surface area contributed by atoms with Crippen LogP contribution in [0.25, 0.3) is 17.0 Å². The number of fused-ring (bicyclic) bond motifs is 1. The zero-order chi connectivity index (χ0) is 15.0. The first-order chi connectivity index (χ1) is 10.1. The van der Waals surface area contributed by atoms with Crippen molar-refractivity contribution >= 4 is 11.5 Å². The molecule has 0 bridgehead atoms. The van der Waals surface area contributed by atoms with E-state index in [9.17, 15) is 10.1 Å². The molecular weight excluding hydrogens is 270 g/mol. The van der Waals surface area contributed by atoms with Gasteiger partial charge < -0.3 is 0 Å². The molecule has 2 aromatic heterocycles. The molecule has 0 amide bonds. The molecule has 0 aliphatic rings. The highest BCUT2D eigenvalue weighted by Crippen LogP contribution is 2.29. The van der Waals surface area contributed by atoms with Crippen molar-refractivity contribution in [1.29, 1.82) is 0 Å². The van der Waals surface area contributed by atoms with E-state index in [1.165, 1.54) is 6.07 Å². The highest BCUT2D eigenvalue weighted by atomic mass is 16.6. The van der Waals surface area contributed by atoms with Gasteiger partial charge in [0.2, 0.25) is 0 Å². The molecule has 0 fully saturated rings. The first-order valence-electron chi connectivity index (χ1n) is 6.53. The molecule has 0 N–H and O–H groups in total. The highest BCUT2D eigenvalue weighted by Gasteiger charge is 2.18. The predicted molar refractivity (Wildman–Crippen MR) is 77.0 cm³/mol. The summed E-state index contributed by atoms with van der Waals surface area (Å²) in [5.74, 6) is 1.26. The molecule has 7 heteroatoms. The monoisotopic (exact) mass is 283 g/mol. The second-order valence-corrected chi connectivity index (χ2v) is 4.94. The van der Waals surface area contributed by atoms with Gasteiger partial charge in [-0.1, -0.05) is 26.0 Å². The van der Waals surface area contributed by atoms with Crippen LogP contribution < -0.4 is 0 Å². The fourth-order valence-corrected chi connectivity index (χ4v) is 2.11. The van der Waals surface area contributed by atoms with Crippen LogP contribution in [-0.4, -0.2) is 24.5 Å². The van der Waals surface area contributed by atoms with Gasteiger partial charge in [-0.3, -0.25) is 10.1 Å². The molecule has 3 rings (SSSR count). The number of para-hydroxylation sites is 1. The Bertz CT molecular complexity index is 825. The Balaban J connectivity index is 2.28. The summed E-state index contributed by atoms with van der Waals surface area (Å²) in [7, 11) is 0. The van der Waals surface area contributed by atoms with Gasteiger partial charge in [-0.25, -0.2) is 4.98 Å². The minimum atomic E-state index is -0.401. The number of aromatic nitrogens is 4. The number of nitrogens with zero attached hydrogens (tertiary/aromatic N) is 5. The molecule has 21 heavy (non-hydrogen) atoms. The van der Waals surface area contributed by atoms with E-state index in [1.807, 2.05) is 13.8 Å². The lowest BCUT2D eigenvalue weighted by Gasteiger charge is -2.04. The van der Waals surface area contributed by atoms with Gasteiger partial charge in [0.05, 0.1) is 16.2 Å². The van der Waals surface area contributed by atoms with E-state index >= 15 is 0 Å². The minimum absolute atomic E-state index is 0.0339. The topological polar surface area (TPSA) is 86.2 Å². The summed E-state index contributed by atoms with van der Waals surface area (Å²) in [6.45, 7) is 3.97. The number of rotatable bonds is 3. The number of nitro benzene ring substituents is 1. The average molecular weight is 283 g/mol. The maximum Gasteiger partial charge on any atom is 0.278 e. The molecule has 0 unspecified atom stereocenters. The van der Waals surface area contributed by atoms with Crippen LogP contribution in [0.5, 0.6) is 0 Å². The van der Waals surface area contributed by atoms with Crippen molar-refractivity contribution in [2.24, 2.45) is 0 Å². The van der Waals surface area contributed by atoms with E-state index in [4.69, 9.17) is 0 Å². The van der Waals surface area contributed by atoms with Crippen LogP contribution in [0.3, 0.4) is 0 Å². The third-order valence-electron chi connectivity index (χ3n) is 3.15. The van der Waals surface area contributed by atoms with Crippen molar-refractivity contribution in [2.75, 3.05) is 0 Å². The minimum Gasteiger partial charge on any atom is -0.258 e. The van der Waals surface area contributed by atoms with E-state index in [0.29, 0.717) is 22.9 Å². The zero-order valence-corrected chi connectivity index (χ0v) is 11.6. The molecule has 2 heterocycles. The lowest BCUT2D eigenvalue weighted by atomic mass is 10.1. The van der Waals surface area contributed by atoms with Crippen molar-refractivity contribution in [3.8, 4) is 11.3 Å². The normalized spacial score (nSPS) is 11.2. The van der Waals surface area contributed by atoms with E-state index in [-0.39, 0.29) is 11.6 Å². The van der Waals surface area contributed by atoms with E-state index < -0.39 is 4.92 Å². The molecule has 7 nitrogen and oxygen atoms in total. The van der Waals surface area contributed by atoms with E-state index in [1.54, 1.807) is 35.0 Å². The summed E-state index contributed by atoms with van der Waals surface area (Å²) in [4.78, 5) is 19.3. The van der Waals surface area contributed by atoms with Gasteiger partial charge in [-0.05, 0) is 12.1 Å². The summed E-state index contributed by atoms with van der Waals surface area (Å²) >= 11 is 0. The Morgan fingerprint density at radius 1 is 1.24 bits per heavy atom. The SMILES string of the molecule is CC(C)c1nc2nccc(-c3ccccc3[N+](=O)[O-])n2n1. The van der Waals surface area contributed by atoms with Gasteiger partial charge in [0.25, 0.3) is 11.5 Å². The van der Waals surface area contributed by atoms with Gasteiger partial charge in [0.15, 0.2) is 5.82 Å². The van der Waals surface area contributed by atoms with Gasteiger partial charge in [0.1, 0.15) is 0 Å². The van der Waals surface area contributed by atoms with Crippen molar-refractivity contribution < 1.29 is 4.92 Å². The fourth-order valence-electron chi connectivity index (χ4n) is 2.11. The molecule has 0 aliphatic carbocycles. The van der Waals surface area contributed by atoms with E-state index in [0.717, 1.165) is 0 Å². The van der Waals surface area contributed by atoms with Gasteiger partial charge in [-0.2, -0.15) is 9.50 Å². The summed E-state index contributed by atoms with van der Waals surface area (Å²) < 4.78 is 1.55. The molecule has 0 atom stereocenters. The third kappa shape index (κ3) is 2.22. The van der Waals surface area contributed by atoms with E-state index in [2.05, 4.69) is 15.1 Å². The van der Waals surface area contributed by atoms with Gasteiger partial charge in [-0.15, -0.1) is 5.10 Å². The molecule has 3 aromatic rings. The van der Waals surface area contributed by atoms with Crippen molar-refractivity contribution in [3.63, 3.8) is 0 Å². The Morgan fingerprint density at radius 2 is 2.00 bits per heavy atom. The van der Waals surface area contributed by atoms with Crippen molar-refractivity contribution in [2.45, 2.75) is 19.8 Å². The van der Waals surface area contributed by atoms with Crippen LogP contribution in [0, 0.1) is 10.1 Å². The summed E-state index contributed by atoms with van der Waals surface area (Å²) in [5, 5.41) is 15.6. The van der Waals surface area contributed by atoms with Crippen LogP contribution in [0.4, 0.5) is 5.69 Å². The van der Waals surface area contributed by atoms with Gasteiger partial charge in [0, 0.05) is 18.2 Å². The molecular formula is C14H13N5O2. The number of hydrogen-bond acceptors (Lipinski definition) is 5.